The largest absolute Gasteiger partial charge is 0.508 e. The maximum Gasteiger partial charge on any atom is 0.233 e. The van der Waals surface area contributed by atoms with E-state index in [0.717, 1.165) is 33.7 Å². The number of nitrogens with zero attached hydrogens (tertiary/aromatic N) is 1. The van der Waals surface area contributed by atoms with Crippen LogP contribution < -0.4 is 5.32 Å². The molecule has 0 unspecified atom stereocenters. The summed E-state index contributed by atoms with van der Waals surface area (Å²) in [6, 6.07) is 15.5. The van der Waals surface area contributed by atoms with Crippen LogP contribution in [0.4, 0.5) is 5.88 Å². The highest BCUT2D eigenvalue weighted by atomic mass is 32.2. The van der Waals surface area contributed by atoms with E-state index in [1.807, 2.05) is 19.1 Å². The van der Waals surface area contributed by atoms with Crippen molar-refractivity contribution >= 4 is 23.4 Å². The number of thioether (sulfide) groups is 1. The van der Waals surface area contributed by atoms with Crippen LogP contribution in [0.3, 0.4) is 0 Å². The van der Waals surface area contributed by atoms with Crippen LogP contribution in [0, 0.1) is 6.92 Å². The number of hydrogen-bond acceptors (Lipinski definition) is 6. The van der Waals surface area contributed by atoms with Crippen LogP contribution in [0.25, 0.3) is 0 Å². The zero-order valence-corrected chi connectivity index (χ0v) is 17.6. The summed E-state index contributed by atoms with van der Waals surface area (Å²) in [5.41, 5.74) is 5.60. The first-order valence-corrected chi connectivity index (χ1v) is 11.2. The molecule has 30 heavy (non-hydrogen) atoms. The minimum Gasteiger partial charge on any atom is -0.508 e. The van der Waals surface area contributed by atoms with E-state index >= 15 is 0 Å². The van der Waals surface area contributed by atoms with Gasteiger partial charge in [0.15, 0.2) is 5.78 Å². The molecule has 2 aromatic carbocycles. The highest BCUT2D eigenvalue weighted by molar-refractivity contribution is 7.98. The topological polar surface area (TPSA) is 75.4 Å². The quantitative estimate of drug-likeness (QED) is 0.557. The van der Waals surface area contributed by atoms with Crippen LogP contribution in [-0.2, 0) is 4.79 Å². The molecule has 1 aliphatic heterocycles. The second kappa shape index (κ2) is 7.36. The van der Waals surface area contributed by atoms with E-state index < -0.39 is 0 Å². The number of aromatic nitrogens is 1. The van der Waals surface area contributed by atoms with Crippen molar-refractivity contribution in [1.82, 2.24) is 5.16 Å². The monoisotopic (exact) mass is 418 g/mol. The molecule has 0 fully saturated rings. The summed E-state index contributed by atoms with van der Waals surface area (Å²) in [5.74, 6) is 0.893. The predicted octanol–water partition coefficient (Wildman–Crippen LogP) is 5.37. The van der Waals surface area contributed by atoms with Gasteiger partial charge in [0.2, 0.25) is 5.88 Å². The van der Waals surface area contributed by atoms with E-state index in [1.54, 1.807) is 23.9 Å². The Morgan fingerprint density at radius 1 is 1.07 bits per heavy atom. The number of anilines is 1. The molecule has 2 N–H and O–H groups in total. The Labute approximate surface area is 179 Å². The summed E-state index contributed by atoms with van der Waals surface area (Å²) in [6.45, 7) is 1.92. The molecule has 152 valence electrons. The molecule has 6 heteroatoms. The first kappa shape index (κ1) is 19.0. The number of aromatic hydroxyl groups is 1. The van der Waals surface area contributed by atoms with Gasteiger partial charge in [-0.05, 0) is 60.9 Å². The van der Waals surface area contributed by atoms with Crippen molar-refractivity contribution < 1.29 is 14.4 Å². The zero-order valence-electron chi connectivity index (χ0n) is 16.8. The molecule has 0 saturated heterocycles. The van der Waals surface area contributed by atoms with Crippen molar-refractivity contribution in [3.05, 3.63) is 82.2 Å². The van der Waals surface area contributed by atoms with E-state index in [4.69, 9.17) is 4.52 Å². The van der Waals surface area contributed by atoms with Crippen LogP contribution in [0.2, 0.25) is 0 Å². The molecule has 0 bridgehead atoms. The molecule has 1 aliphatic carbocycles. The third kappa shape index (κ3) is 3.12. The Morgan fingerprint density at radius 2 is 1.77 bits per heavy atom. The van der Waals surface area contributed by atoms with Gasteiger partial charge in [0.25, 0.3) is 0 Å². The molecule has 5 rings (SSSR count). The Balaban J connectivity index is 1.59. The third-order valence-corrected chi connectivity index (χ3v) is 6.82. The van der Waals surface area contributed by atoms with Gasteiger partial charge >= 0.3 is 0 Å². The Hall–Kier alpha value is -2.99. The van der Waals surface area contributed by atoms with Crippen LogP contribution in [0.5, 0.6) is 5.75 Å². The summed E-state index contributed by atoms with van der Waals surface area (Å²) >= 11 is 1.70. The number of aryl methyl sites for hydroxylation is 1. The van der Waals surface area contributed by atoms with Crippen molar-refractivity contribution in [3.8, 4) is 5.75 Å². The highest BCUT2D eigenvalue weighted by Gasteiger charge is 2.41. The predicted molar refractivity (Wildman–Crippen MR) is 117 cm³/mol. The summed E-state index contributed by atoms with van der Waals surface area (Å²) in [6.07, 6.45) is 3.21. The molecule has 0 radical (unpaired) electrons. The van der Waals surface area contributed by atoms with Gasteiger partial charge < -0.3 is 14.9 Å². The second-order valence-electron chi connectivity index (χ2n) is 7.85. The van der Waals surface area contributed by atoms with Crippen LogP contribution >= 0.6 is 11.8 Å². The molecule has 2 atom stereocenters. The average Bonchev–Trinajstić information content (AvgIpc) is 3.13. The van der Waals surface area contributed by atoms with Gasteiger partial charge in [-0.2, -0.15) is 0 Å². The number of hydrogen-bond donors (Lipinski definition) is 2. The number of nitrogens with one attached hydrogen (secondary N) is 1. The molecule has 0 spiro atoms. The fraction of sp³-hybridized carbons (Fsp3) is 0.250. The number of rotatable bonds is 3. The van der Waals surface area contributed by atoms with Gasteiger partial charge in [0, 0.05) is 28.5 Å². The number of phenolic OH excluding ortho intramolecular Hbond substituents is 1. The SMILES string of the molecule is CSc1ccc([C@H]2C3=C(C[C@@H](c4ccc(O)cc4)CC3=O)Nc3onc(C)c32)cc1. The summed E-state index contributed by atoms with van der Waals surface area (Å²) in [5, 5.41) is 17.1. The van der Waals surface area contributed by atoms with Crippen molar-refractivity contribution in [3.63, 3.8) is 0 Å². The first-order valence-electron chi connectivity index (χ1n) is 9.97. The molecule has 0 saturated carbocycles. The average molecular weight is 419 g/mol. The Morgan fingerprint density at radius 3 is 2.47 bits per heavy atom. The van der Waals surface area contributed by atoms with Gasteiger partial charge in [0.05, 0.1) is 11.3 Å². The van der Waals surface area contributed by atoms with Crippen molar-refractivity contribution in [2.24, 2.45) is 0 Å². The summed E-state index contributed by atoms with van der Waals surface area (Å²) in [7, 11) is 0. The maximum absolute atomic E-state index is 13.4. The zero-order chi connectivity index (χ0) is 20.8. The lowest BCUT2D eigenvalue weighted by atomic mass is 9.72. The number of allylic oxidation sites excluding steroid dienone is 2. The van der Waals surface area contributed by atoms with E-state index in [9.17, 15) is 9.90 Å². The number of carbonyl (C=O) groups excluding carboxylic acids is 1. The molecule has 2 heterocycles. The van der Waals surface area contributed by atoms with Gasteiger partial charge in [-0.1, -0.05) is 29.4 Å². The normalized spacial score (nSPS) is 20.5. The van der Waals surface area contributed by atoms with Crippen LogP contribution in [-0.4, -0.2) is 22.3 Å². The molecule has 0 amide bonds. The minimum absolute atomic E-state index is 0.0643. The highest BCUT2D eigenvalue weighted by Crippen LogP contribution is 2.49. The van der Waals surface area contributed by atoms with Crippen molar-refractivity contribution in [2.75, 3.05) is 11.6 Å². The molecular weight excluding hydrogens is 396 g/mol. The van der Waals surface area contributed by atoms with E-state index in [-0.39, 0.29) is 23.4 Å². The lowest BCUT2D eigenvalue weighted by Crippen LogP contribution is -2.29. The number of ketones is 1. The number of phenols is 1. The molecule has 2 aliphatic rings. The first-order chi connectivity index (χ1) is 14.5. The van der Waals surface area contributed by atoms with Crippen molar-refractivity contribution in [2.45, 2.75) is 36.5 Å². The Kier molecular flexibility index (Phi) is 4.66. The van der Waals surface area contributed by atoms with Crippen molar-refractivity contribution in [1.29, 1.82) is 0 Å². The maximum atomic E-state index is 13.4. The summed E-state index contributed by atoms with van der Waals surface area (Å²) < 4.78 is 5.58. The van der Waals surface area contributed by atoms with Crippen LogP contribution in [0.1, 0.15) is 47.1 Å². The number of Topliss-reactive ketones (excluding diaryl/α,β-unsaturated/α-hetero) is 1. The van der Waals surface area contributed by atoms with Gasteiger partial charge in [-0.3, -0.25) is 4.79 Å². The fourth-order valence-electron chi connectivity index (χ4n) is 4.58. The minimum atomic E-state index is -0.174. The molecule has 5 nitrogen and oxygen atoms in total. The number of carbonyl (C=O) groups is 1. The number of benzene rings is 2. The lowest BCUT2D eigenvalue weighted by Gasteiger charge is -2.34. The standard InChI is InChI=1S/C24H22N2O3S/c1-13-21-22(15-5-9-18(30-2)10-6-15)23-19(25-24(21)29-26-13)11-16(12-20(23)28)14-3-7-17(27)8-4-14/h3-10,16,22,25,27H,11-12H2,1-2H3/t16-,22-/m1/s1. The Bertz CT molecular complexity index is 1150. The molecule has 3 aromatic rings. The van der Waals surface area contributed by atoms with E-state index in [0.29, 0.717) is 18.7 Å². The van der Waals surface area contributed by atoms with Gasteiger partial charge in [-0.25, -0.2) is 0 Å². The lowest BCUT2D eigenvalue weighted by molar-refractivity contribution is -0.116. The van der Waals surface area contributed by atoms with Crippen LogP contribution in [0.15, 0.2) is 69.2 Å². The van der Waals surface area contributed by atoms with E-state index in [2.05, 4.69) is 41.0 Å². The summed E-state index contributed by atoms with van der Waals surface area (Å²) in [4.78, 5) is 14.6. The van der Waals surface area contributed by atoms with Gasteiger partial charge in [-0.15, -0.1) is 11.8 Å². The smallest absolute Gasteiger partial charge is 0.233 e. The number of fused-ring (bicyclic) bond motifs is 1. The fourth-order valence-corrected chi connectivity index (χ4v) is 4.99. The molecular formula is C24H22N2O3S. The van der Waals surface area contributed by atoms with E-state index in [1.165, 1.54) is 4.90 Å². The molecule has 1 aromatic heterocycles. The third-order valence-electron chi connectivity index (χ3n) is 6.07. The van der Waals surface area contributed by atoms with Gasteiger partial charge in [0.1, 0.15) is 5.75 Å². The second-order valence-corrected chi connectivity index (χ2v) is 8.73.